The molecular formula is C23H27N3O3S. The first-order valence-corrected chi connectivity index (χ1v) is 11.1. The molecule has 158 valence electrons. The number of hydrogen-bond donors (Lipinski definition) is 2. The van der Waals surface area contributed by atoms with E-state index in [1.807, 2.05) is 24.3 Å². The number of rotatable bonds is 4. The van der Waals surface area contributed by atoms with Crippen LogP contribution in [0.25, 0.3) is 0 Å². The van der Waals surface area contributed by atoms with E-state index in [2.05, 4.69) is 31.4 Å². The molecular weight excluding hydrogens is 398 g/mol. The van der Waals surface area contributed by atoms with Gasteiger partial charge in [-0.25, -0.2) is 4.79 Å². The Morgan fingerprint density at radius 1 is 1.27 bits per heavy atom. The van der Waals surface area contributed by atoms with Crippen molar-refractivity contribution in [1.29, 1.82) is 0 Å². The third-order valence-electron chi connectivity index (χ3n) is 5.99. The van der Waals surface area contributed by atoms with Gasteiger partial charge in [0.15, 0.2) is 0 Å². The molecule has 1 atom stereocenters. The molecule has 1 saturated heterocycles. The monoisotopic (exact) mass is 425 g/mol. The van der Waals surface area contributed by atoms with Gasteiger partial charge in [0.1, 0.15) is 0 Å². The highest BCUT2D eigenvalue weighted by Crippen LogP contribution is 2.40. The van der Waals surface area contributed by atoms with Crippen LogP contribution in [0.5, 0.6) is 0 Å². The summed E-state index contributed by atoms with van der Waals surface area (Å²) in [5.41, 5.74) is 3.03. The van der Waals surface area contributed by atoms with Crippen LogP contribution in [0.1, 0.15) is 52.9 Å². The Morgan fingerprint density at radius 2 is 2.07 bits per heavy atom. The molecule has 4 rings (SSSR count). The van der Waals surface area contributed by atoms with Crippen LogP contribution < -0.4 is 10.6 Å². The lowest BCUT2D eigenvalue weighted by molar-refractivity contribution is -0.125. The minimum absolute atomic E-state index is 0.0361. The van der Waals surface area contributed by atoms with Crippen molar-refractivity contribution < 1.29 is 14.4 Å². The number of carbonyl (C=O) groups excluding carboxylic acids is 3. The van der Waals surface area contributed by atoms with E-state index in [1.165, 1.54) is 21.8 Å². The second-order valence-corrected chi connectivity index (χ2v) is 10.3. The molecule has 1 aromatic carbocycles. The topological polar surface area (TPSA) is 78.5 Å². The molecule has 2 N–H and O–H groups in total. The summed E-state index contributed by atoms with van der Waals surface area (Å²) in [6, 6.07) is 8.94. The summed E-state index contributed by atoms with van der Waals surface area (Å²) in [7, 11) is 0. The number of hydrogen-bond acceptors (Lipinski definition) is 4. The molecule has 2 aliphatic rings. The number of amides is 4. The van der Waals surface area contributed by atoms with Gasteiger partial charge in [0.2, 0.25) is 5.91 Å². The Hall–Kier alpha value is -2.67. The van der Waals surface area contributed by atoms with Gasteiger partial charge >= 0.3 is 6.03 Å². The first-order chi connectivity index (χ1) is 14.2. The second kappa shape index (κ2) is 7.87. The zero-order valence-corrected chi connectivity index (χ0v) is 18.4. The molecule has 0 saturated carbocycles. The van der Waals surface area contributed by atoms with Crippen LogP contribution in [-0.4, -0.2) is 29.3 Å². The molecule has 0 spiro atoms. The summed E-state index contributed by atoms with van der Waals surface area (Å²) in [4.78, 5) is 39.6. The van der Waals surface area contributed by atoms with E-state index in [1.54, 1.807) is 17.4 Å². The van der Waals surface area contributed by atoms with Crippen LogP contribution in [0.15, 0.2) is 30.3 Å². The Labute approximate surface area is 180 Å². The van der Waals surface area contributed by atoms with Crippen LogP contribution in [0.4, 0.5) is 10.5 Å². The SMILES string of the molecule is CC(C)(C)[C@@H]1CCc2sc(C(=O)Nc3cccc(CN4C(=O)CNC4=O)c3)cc2C1. The highest BCUT2D eigenvalue weighted by atomic mass is 32.1. The van der Waals surface area contributed by atoms with Gasteiger partial charge < -0.3 is 10.6 Å². The molecule has 0 radical (unpaired) electrons. The van der Waals surface area contributed by atoms with E-state index < -0.39 is 0 Å². The quantitative estimate of drug-likeness (QED) is 0.721. The van der Waals surface area contributed by atoms with Gasteiger partial charge in [-0.1, -0.05) is 32.9 Å². The minimum Gasteiger partial charge on any atom is -0.329 e. The number of urea groups is 1. The summed E-state index contributed by atoms with van der Waals surface area (Å²) >= 11 is 1.59. The number of aryl methyl sites for hydroxylation is 1. The molecule has 6 nitrogen and oxygen atoms in total. The smallest absolute Gasteiger partial charge is 0.324 e. The first-order valence-electron chi connectivity index (χ1n) is 10.3. The molecule has 1 aliphatic carbocycles. The van der Waals surface area contributed by atoms with E-state index in [9.17, 15) is 14.4 Å². The summed E-state index contributed by atoms with van der Waals surface area (Å²) < 4.78 is 0. The van der Waals surface area contributed by atoms with E-state index >= 15 is 0 Å². The Kier molecular flexibility index (Phi) is 5.40. The molecule has 0 bridgehead atoms. The highest BCUT2D eigenvalue weighted by molar-refractivity contribution is 7.14. The normalized spacial score (nSPS) is 18.9. The lowest BCUT2D eigenvalue weighted by atomic mass is 9.72. The predicted molar refractivity (Wildman–Crippen MR) is 118 cm³/mol. The standard InChI is InChI=1S/C23H27N3O3S/c1-23(2,3)16-7-8-18-15(10-16)11-19(30-18)21(28)25-17-6-4-5-14(9-17)13-26-20(27)12-24-22(26)29/h4-6,9,11,16H,7-8,10,12-13H2,1-3H3,(H,24,29)(H,25,28)/t16-/m1/s1. The third-order valence-corrected chi connectivity index (χ3v) is 7.23. The van der Waals surface area contributed by atoms with E-state index in [0.29, 0.717) is 11.6 Å². The van der Waals surface area contributed by atoms with Crippen LogP contribution in [0, 0.1) is 11.3 Å². The van der Waals surface area contributed by atoms with Crippen molar-refractivity contribution in [2.24, 2.45) is 11.3 Å². The fourth-order valence-electron chi connectivity index (χ4n) is 4.11. The summed E-state index contributed by atoms with van der Waals surface area (Å²) in [5, 5.41) is 5.48. The maximum absolute atomic E-state index is 12.8. The van der Waals surface area contributed by atoms with Crippen molar-refractivity contribution in [2.75, 3.05) is 11.9 Å². The predicted octanol–water partition coefficient (Wildman–Crippen LogP) is 4.20. The maximum atomic E-state index is 12.8. The molecule has 7 heteroatoms. The summed E-state index contributed by atoms with van der Waals surface area (Å²) in [5.74, 6) is 0.277. The van der Waals surface area contributed by atoms with Crippen molar-refractivity contribution >= 4 is 34.9 Å². The largest absolute Gasteiger partial charge is 0.329 e. The zero-order valence-electron chi connectivity index (χ0n) is 17.6. The minimum atomic E-state index is -0.382. The van der Waals surface area contributed by atoms with E-state index in [-0.39, 0.29) is 36.3 Å². The van der Waals surface area contributed by atoms with E-state index in [0.717, 1.165) is 23.3 Å². The third kappa shape index (κ3) is 4.26. The number of nitrogens with zero attached hydrogens (tertiary/aromatic N) is 1. The van der Waals surface area contributed by atoms with Gasteiger partial charge in [-0.05, 0) is 59.9 Å². The molecule has 2 heterocycles. The number of nitrogens with one attached hydrogen (secondary N) is 2. The molecule has 1 fully saturated rings. The molecule has 0 unspecified atom stereocenters. The van der Waals surface area contributed by atoms with Gasteiger partial charge in [-0.15, -0.1) is 11.3 Å². The number of imide groups is 1. The number of carbonyl (C=O) groups is 3. The van der Waals surface area contributed by atoms with Crippen molar-refractivity contribution in [1.82, 2.24) is 10.2 Å². The number of benzene rings is 1. The van der Waals surface area contributed by atoms with Gasteiger partial charge in [-0.2, -0.15) is 0 Å². The van der Waals surface area contributed by atoms with Gasteiger partial charge in [-0.3, -0.25) is 14.5 Å². The molecule has 4 amide bonds. The first kappa shape index (κ1) is 20.6. The van der Waals surface area contributed by atoms with Crippen LogP contribution in [0.2, 0.25) is 0 Å². The van der Waals surface area contributed by atoms with Crippen molar-refractivity contribution in [3.05, 3.63) is 51.2 Å². The zero-order chi connectivity index (χ0) is 21.5. The maximum Gasteiger partial charge on any atom is 0.324 e. The molecule has 2 aromatic rings. The fraction of sp³-hybridized carbons (Fsp3) is 0.435. The average molecular weight is 426 g/mol. The van der Waals surface area contributed by atoms with E-state index in [4.69, 9.17) is 0 Å². The lowest BCUT2D eigenvalue weighted by Gasteiger charge is -2.33. The molecule has 1 aliphatic heterocycles. The Morgan fingerprint density at radius 3 is 2.77 bits per heavy atom. The number of thiophene rings is 1. The van der Waals surface area contributed by atoms with Crippen LogP contribution >= 0.6 is 11.3 Å². The van der Waals surface area contributed by atoms with Crippen LogP contribution in [-0.2, 0) is 24.2 Å². The van der Waals surface area contributed by atoms with Crippen LogP contribution in [0.3, 0.4) is 0 Å². The lowest BCUT2D eigenvalue weighted by Crippen LogP contribution is -2.30. The molecule has 30 heavy (non-hydrogen) atoms. The number of anilines is 1. The highest BCUT2D eigenvalue weighted by Gasteiger charge is 2.31. The van der Waals surface area contributed by atoms with Crippen molar-refractivity contribution in [3.8, 4) is 0 Å². The molecule has 1 aromatic heterocycles. The summed E-state index contributed by atoms with van der Waals surface area (Å²) in [6.45, 7) is 7.09. The Bertz CT molecular complexity index is 989. The van der Waals surface area contributed by atoms with Gasteiger partial charge in [0.05, 0.1) is 18.0 Å². The second-order valence-electron chi connectivity index (χ2n) is 9.16. The number of fused-ring (bicyclic) bond motifs is 1. The summed E-state index contributed by atoms with van der Waals surface area (Å²) in [6.07, 6.45) is 3.24. The van der Waals surface area contributed by atoms with Gasteiger partial charge in [0, 0.05) is 10.6 Å². The van der Waals surface area contributed by atoms with Crippen molar-refractivity contribution in [3.63, 3.8) is 0 Å². The Balaban J connectivity index is 1.44. The van der Waals surface area contributed by atoms with Gasteiger partial charge in [0.25, 0.3) is 5.91 Å². The fourth-order valence-corrected chi connectivity index (χ4v) is 5.22. The average Bonchev–Trinajstić information content (AvgIpc) is 3.25. The van der Waals surface area contributed by atoms with Crippen molar-refractivity contribution in [2.45, 2.75) is 46.6 Å².